The molecule has 0 saturated heterocycles. The van der Waals surface area contributed by atoms with Crippen molar-refractivity contribution >= 4 is 27.8 Å². The zero-order chi connectivity index (χ0) is 12.2. The van der Waals surface area contributed by atoms with Crippen LogP contribution in [0.4, 0.5) is 13.2 Å². The van der Waals surface area contributed by atoms with E-state index in [-0.39, 0.29) is 11.1 Å². The number of hydrogen-bond acceptors (Lipinski definition) is 1. The molecule has 0 spiro atoms. The molecule has 0 radical (unpaired) electrons. The first-order chi connectivity index (χ1) is 7.43. The van der Waals surface area contributed by atoms with Gasteiger partial charge in [-0.3, -0.25) is 4.79 Å². The molecule has 0 saturated carbocycles. The number of halogens is 4. The highest BCUT2D eigenvalue weighted by atomic mass is 79.9. The van der Waals surface area contributed by atoms with Crippen LogP contribution in [0.1, 0.15) is 11.1 Å². The molecule has 16 heavy (non-hydrogen) atoms. The molecule has 1 aromatic rings. The van der Waals surface area contributed by atoms with Crippen LogP contribution in [-0.2, 0) is 11.0 Å². The molecule has 0 amide bonds. The Balaban J connectivity index is 2.80. The molecule has 0 heterocycles. The predicted octanol–water partition coefficient (Wildman–Crippen LogP) is 3.68. The molecule has 86 valence electrons. The maximum atomic E-state index is 12.2. The van der Waals surface area contributed by atoms with Gasteiger partial charge in [0.05, 0.1) is 10.9 Å². The summed E-state index contributed by atoms with van der Waals surface area (Å²) in [5.74, 6) is -0.139. The fourth-order valence-electron chi connectivity index (χ4n) is 1.02. The van der Waals surface area contributed by atoms with Gasteiger partial charge in [-0.1, -0.05) is 34.1 Å². The van der Waals surface area contributed by atoms with E-state index in [1.807, 2.05) is 0 Å². The Kier molecular flexibility index (Phi) is 4.29. The van der Waals surface area contributed by atoms with Gasteiger partial charge in [0.15, 0.2) is 5.78 Å². The lowest BCUT2D eigenvalue weighted by Crippen LogP contribution is -2.04. The number of carbonyl (C=O) groups is 1. The first kappa shape index (κ1) is 13.0. The standard InChI is InChI=1S/C11H8BrF3O/c12-7-10(16)6-3-8-1-4-9(5-2-8)11(13,14)15/h1-6H,7H2. The zero-order valence-electron chi connectivity index (χ0n) is 8.09. The molecule has 0 fully saturated rings. The number of carbonyl (C=O) groups excluding carboxylic acids is 1. The van der Waals surface area contributed by atoms with Crippen LogP contribution in [0.15, 0.2) is 30.3 Å². The fourth-order valence-corrected chi connectivity index (χ4v) is 1.20. The van der Waals surface area contributed by atoms with Gasteiger partial charge in [-0.05, 0) is 23.8 Å². The van der Waals surface area contributed by atoms with Gasteiger partial charge in [0.2, 0.25) is 0 Å². The van der Waals surface area contributed by atoms with Crippen LogP contribution in [0.25, 0.3) is 6.08 Å². The summed E-state index contributed by atoms with van der Waals surface area (Å²) in [6.45, 7) is 0. The van der Waals surface area contributed by atoms with Crippen LogP contribution in [0.5, 0.6) is 0 Å². The fraction of sp³-hybridized carbons (Fsp3) is 0.182. The minimum Gasteiger partial charge on any atom is -0.294 e. The molecule has 0 aliphatic carbocycles. The van der Waals surface area contributed by atoms with E-state index in [9.17, 15) is 18.0 Å². The Labute approximate surface area is 99.1 Å². The van der Waals surface area contributed by atoms with Crippen molar-refractivity contribution in [2.24, 2.45) is 0 Å². The smallest absolute Gasteiger partial charge is 0.294 e. The van der Waals surface area contributed by atoms with Crippen LogP contribution in [-0.4, -0.2) is 11.1 Å². The van der Waals surface area contributed by atoms with Crippen molar-refractivity contribution in [3.8, 4) is 0 Å². The van der Waals surface area contributed by atoms with Gasteiger partial charge >= 0.3 is 6.18 Å². The summed E-state index contributed by atoms with van der Waals surface area (Å²) in [5.41, 5.74) is -0.140. The highest BCUT2D eigenvalue weighted by Crippen LogP contribution is 2.29. The van der Waals surface area contributed by atoms with E-state index in [2.05, 4.69) is 15.9 Å². The maximum absolute atomic E-state index is 12.2. The molecule has 0 atom stereocenters. The molecule has 0 N–H and O–H groups in total. The molecular formula is C11H8BrF3O. The Bertz CT molecular complexity index is 393. The van der Waals surface area contributed by atoms with E-state index in [1.165, 1.54) is 24.3 Å². The first-order valence-corrected chi connectivity index (χ1v) is 5.50. The summed E-state index contributed by atoms with van der Waals surface area (Å²) in [5, 5.41) is 0.199. The lowest BCUT2D eigenvalue weighted by atomic mass is 10.1. The van der Waals surface area contributed by atoms with Gasteiger partial charge in [0.1, 0.15) is 0 Å². The maximum Gasteiger partial charge on any atom is 0.416 e. The Morgan fingerprint density at radius 2 is 1.81 bits per heavy atom. The predicted molar refractivity (Wildman–Crippen MR) is 59.3 cm³/mol. The monoisotopic (exact) mass is 292 g/mol. The number of allylic oxidation sites excluding steroid dienone is 1. The van der Waals surface area contributed by atoms with E-state index >= 15 is 0 Å². The van der Waals surface area contributed by atoms with Crippen molar-refractivity contribution in [2.75, 3.05) is 5.33 Å². The average molecular weight is 293 g/mol. The second-order valence-electron chi connectivity index (χ2n) is 3.05. The van der Waals surface area contributed by atoms with Crippen molar-refractivity contribution in [2.45, 2.75) is 6.18 Å². The third kappa shape index (κ3) is 3.81. The number of benzene rings is 1. The van der Waals surface area contributed by atoms with Gasteiger partial charge in [-0.2, -0.15) is 13.2 Å². The van der Waals surface area contributed by atoms with Crippen molar-refractivity contribution < 1.29 is 18.0 Å². The molecule has 0 aliphatic rings. The van der Waals surface area contributed by atoms with Crippen molar-refractivity contribution in [3.63, 3.8) is 0 Å². The lowest BCUT2D eigenvalue weighted by molar-refractivity contribution is -0.137. The molecular weight excluding hydrogens is 285 g/mol. The van der Waals surface area contributed by atoms with Crippen molar-refractivity contribution in [3.05, 3.63) is 41.5 Å². The molecule has 1 rings (SSSR count). The van der Waals surface area contributed by atoms with Crippen LogP contribution < -0.4 is 0 Å². The van der Waals surface area contributed by atoms with E-state index in [1.54, 1.807) is 0 Å². The van der Waals surface area contributed by atoms with Crippen molar-refractivity contribution in [1.82, 2.24) is 0 Å². The van der Waals surface area contributed by atoms with Crippen LogP contribution in [0.2, 0.25) is 0 Å². The van der Waals surface area contributed by atoms with Crippen LogP contribution >= 0.6 is 15.9 Å². The van der Waals surface area contributed by atoms with E-state index in [4.69, 9.17) is 0 Å². The van der Waals surface area contributed by atoms with Gasteiger partial charge < -0.3 is 0 Å². The van der Waals surface area contributed by atoms with E-state index in [0.717, 1.165) is 12.1 Å². The SMILES string of the molecule is O=C(C=Cc1ccc(C(F)(F)F)cc1)CBr. The summed E-state index contributed by atoms with van der Waals surface area (Å²) in [7, 11) is 0. The second-order valence-corrected chi connectivity index (χ2v) is 3.61. The summed E-state index contributed by atoms with van der Waals surface area (Å²) in [4.78, 5) is 10.9. The quantitative estimate of drug-likeness (QED) is 0.613. The van der Waals surface area contributed by atoms with E-state index in [0.29, 0.717) is 5.56 Å². The topological polar surface area (TPSA) is 17.1 Å². The number of ketones is 1. The number of hydrogen-bond donors (Lipinski definition) is 0. The van der Waals surface area contributed by atoms with Crippen molar-refractivity contribution in [1.29, 1.82) is 0 Å². The van der Waals surface area contributed by atoms with Crippen LogP contribution in [0.3, 0.4) is 0 Å². The van der Waals surface area contributed by atoms with Gasteiger partial charge in [-0.15, -0.1) is 0 Å². The second kappa shape index (κ2) is 5.30. The summed E-state index contributed by atoms with van der Waals surface area (Å²) < 4.78 is 36.6. The molecule has 5 heteroatoms. The lowest BCUT2D eigenvalue weighted by Gasteiger charge is -2.05. The Morgan fingerprint density at radius 1 is 1.25 bits per heavy atom. The molecule has 1 aromatic carbocycles. The van der Waals surface area contributed by atoms with Gasteiger partial charge in [0.25, 0.3) is 0 Å². The Hall–Kier alpha value is -1.10. The minimum absolute atomic E-state index is 0.139. The summed E-state index contributed by atoms with van der Waals surface area (Å²) >= 11 is 2.98. The summed E-state index contributed by atoms with van der Waals surface area (Å²) in [6.07, 6.45) is -1.53. The Morgan fingerprint density at radius 3 is 2.25 bits per heavy atom. The summed E-state index contributed by atoms with van der Waals surface area (Å²) in [6, 6.07) is 4.61. The third-order valence-electron chi connectivity index (χ3n) is 1.83. The number of alkyl halides is 4. The van der Waals surface area contributed by atoms with Gasteiger partial charge in [0, 0.05) is 0 Å². The first-order valence-electron chi connectivity index (χ1n) is 4.37. The molecule has 1 nitrogen and oxygen atoms in total. The third-order valence-corrected chi connectivity index (χ3v) is 2.38. The number of rotatable bonds is 3. The normalized spacial score (nSPS) is 12.0. The largest absolute Gasteiger partial charge is 0.416 e. The highest BCUT2D eigenvalue weighted by molar-refractivity contribution is 9.09. The zero-order valence-corrected chi connectivity index (χ0v) is 9.68. The molecule has 0 unspecified atom stereocenters. The minimum atomic E-state index is -4.33. The highest BCUT2D eigenvalue weighted by Gasteiger charge is 2.29. The molecule has 0 bridgehead atoms. The molecule has 0 aromatic heterocycles. The molecule has 0 aliphatic heterocycles. The average Bonchev–Trinajstić information content (AvgIpc) is 2.25. The van der Waals surface area contributed by atoms with Gasteiger partial charge in [-0.25, -0.2) is 0 Å². The van der Waals surface area contributed by atoms with Crippen LogP contribution in [0, 0.1) is 0 Å². The van der Waals surface area contributed by atoms with E-state index < -0.39 is 11.7 Å².